The van der Waals surface area contributed by atoms with Crippen molar-refractivity contribution in [2.45, 2.75) is 142 Å². The Hall–Kier alpha value is -1.55. The minimum atomic E-state index is -0.242. The number of para-hydroxylation sites is 1. The van der Waals surface area contributed by atoms with Crippen LogP contribution in [0.25, 0.3) is 6.08 Å². The molecule has 234 valence electrons. The molecule has 0 unspecified atom stereocenters. The molecule has 0 aliphatic rings. The predicted molar refractivity (Wildman–Crippen MR) is 182 cm³/mol. The Morgan fingerprint density at radius 3 is 1.47 bits per heavy atom. The Morgan fingerprint density at radius 1 is 0.605 bits per heavy atom. The molecule has 3 nitrogen and oxygen atoms in total. The molecule has 0 aliphatic carbocycles. The smallest absolute Gasteiger partial charge is 0.872 e. The van der Waals surface area contributed by atoms with Gasteiger partial charge in [-0.15, -0.1) is 0 Å². The summed E-state index contributed by atoms with van der Waals surface area (Å²) in [6.45, 7) is 6.79. The SMILES string of the molecule is CCCCCCCCCCCCN(CCCCCCCCCCCC)c1ccc(/C=C/C(=O)c2ccccc2[O-])cc1.[Na+]. The molecule has 2 aromatic carbocycles. The fourth-order valence-corrected chi connectivity index (χ4v) is 5.68. The molecule has 0 heterocycles. The molecular formula is C39H60NNaO2. The molecule has 0 fully saturated rings. The average Bonchev–Trinajstić information content (AvgIpc) is 3.01. The monoisotopic (exact) mass is 597 g/mol. The molecule has 2 rings (SSSR count). The molecule has 43 heavy (non-hydrogen) atoms. The third kappa shape index (κ3) is 18.8. The summed E-state index contributed by atoms with van der Waals surface area (Å²) < 4.78 is 0. The molecule has 0 aromatic heterocycles. The van der Waals surface area contributed by atoms with Crippen molar-refractivity contribution in [3.05, 3.63) is 65.7 Å². The second-order valence-corrected chi connectivity index (χ2v) is 12.1. The van der Waals surface area contributed by atoms with Crippen LogP contribution < -0.4 is 39.6 Å². The Labute approximate surface area is 287 Å². The molecule has 0 saturated carbocycles. The molecule has 0 atom stereocenters. The third-order valence-corrected chi connectivity index (χ3v) is 8.40. The van der Waals surface area contributed by atoms with Crippen molar-refractivity contribution in [1.29, 1.82) is 0 Å². The van der Waals surface area contributed by atoms with Crippen LogP contribution in [0.1, 0.15) is 158 Å². The van der Waals surface area contributed by atoms with E-state index in [1.807, 2.05) is 6.08 Å². The summed E-state index contributed by atoms with van der Waals surface area (Å²) in [6, 6.07) is 15.0. The molecule has 0 bridgehead atoms. The molecule has 0 aliphatic heterocycles. The zero-order chi connectivity index (χ0) is 30.1. The summed E-state index contributed by atoms with van der Waals surface area (Å²) in [5.41, 5.74) is 2.48. The number of ketones is 1. The van der Waals surface area contributed by atoms with E-state index in [1.54, 1.807) is 18.2 Å². The van der Waals surface area contributed by atoms with Gasteiger partial charge in [0.05, 0.1) is 0 Å². The van der Waals surface area contributed by atoms with Gasteiger partial charge in [-0.1, -0.05) is 178 Å². The summed E-state index contributed by atoms with van der Waals surface area (Å²) in [6.07, 6.45) is 30.6. The maximum atomic E-state index is 12.5. The zero-order valence-corrected chi connectivity index (χ0v) is 30.1. The van der Waals surface area contributed by atoms with E-state index < -0.39 is 0 Å². The Morgan fingerprint density at radius 2 is 1.02 bits per heavy atom. The summed E-state index contributed by atoms with van der Waals surface area (Å²) in [4.78, 5) is 15.0. The number of benzene rings is 2. The summed E-state index contributed by atoms with van der Waals surface area (Å²) in [5.74, 6) is -0.467. The van der Waals surface area contributed by atoms with Gasteiger partial charge in [0.1, 0.15) is 0 Å². The van der Waals surface area contributed by atoms with Gasteiger partial charge in [0.25, 0.3) is 0 Å². The molecule has 0 radical (unpaired) electrons. The number of carbonyl (C=O) groups is 1. The number of hydrogen-bond acceptors (Lipinski definition) is 3. The first-order chi connectivity index (χ1) is 20.7. The van der Waals surface area contributed by atoms with Crippen LogP contribution in [0.5, 0.6) is 5.75 Å². The minimum Gasteiger partial charge on any atom is -0.872 e. The van der Waals surface area contributed by atoms with Gasteiger partial charge in [0.15, 0.2) is 5.78 Å². The van der Waals surface area contributed by atoms with E-state index in [4.69, 9.17) is 0 Å². The van der Waals surface area contributed by atoms with Crippen molar-refractivity contribution >= 4 is 17.5 Å². The molecule has 4 heteroatoms. The molecule has 0 amide bonds. The number of nitrogens with zero attached hydrogens (tertiary/aromatic N) is 1. The Balaban J connectivity index is 0.00000924. The minimum absolute atomic E-state index is 0. The van der Waals surface area contributed by atoms with E-state index >= 15 is 0 Å². The van der Waals surface area contributed by atoms with Crippen LogP contribution in [-0.4, -0.2) is 18.9 Å². The first-order valence-electron chi connectivity index (χ1n) is 17.5. The number of anilines is 1. The molecular weight excluding hydrogens is 537 g/mol. The van der Waals surface area contributed by atoms with Crippen molar-refractivity contribution in [3.8, 4) is 5.75 Å². The van der Waals surface area contributed by atoms with E-state index in [0.717, 1.165) is 18.7 Å². The topological polar surface area (TPSA) is 43.4 Å². The van der Waals surface area contributed by atoms with Crippen LogP contribution in [0.3, 0.4) is 0 Å². The quantitative estimate of drug-likeness (QED) is 0.0474. The fourth-order valence-electron chi connectivity index (χ4n) is 5.68. The van der Waals surface area contributed by atoms with Crippen LogP contribution in [0.2, 0.25) is 0 Å². The standard InChI is InChI=1S/C39H61NO2.Na/c1-3-5-7-9-11-13-15-17-19-23-33-40(34-24-20-18-16-14-12-10-8-6-4-2)36-30-27-35(28-31-36)29-32-39(42)37-25-21-22-26-38(37)41;/h21-22,25-32,41H,3-20,23-24,33-34H2,1-2H3;/q;+1/p-1/b32-29+;. The van der Waals surface area contributed by atoms with Crippen molar-refractivity contribution in [2.75, 3.05) is 18.0 Å². The maximum absolute atomic E-state index is 12.5. The van der Waals surface area contributed by atoms with Crippen LogP contribution in [0.15, 0.2) is 54.6 Å². The van der Waals surface area contributed by atoms with Crippen LogP contribution >= 0.6 is 0 Å². The summed E-state index contributed by atoms with van der Waals surface area (Å²) >= 11 is 0. The maximum Gasteiger partial charge on any atom is 1.00 e. The van der Waals surface area contributed by atoms with Crippen molar-refractivity contribution in [2.24, 2.45) is 0 Å². The third-order valence-electron chi connectivity index (χ3n) is 8.40. The first-order valence-corrected chi connectivity index (χ1v) is 17.5. The van der Waals surface area contributed by atoms with Crippen LogP contribution in [0.4, 0.5) is 5.69 Å². The van der Waals surface area contributed by atoms with Gasteiger partial charge in [-0.05, 0) is 36.6 Å². The van der Waals surface area contributed by atoms with Gasteiger partial charge in [0, 0.05) is 24.3 Å². The van der Waals surface area contributed by atoms with E-state index in [-0.39, 0.29) is 46.7 Å². The van der Waals surface area contributed by atoms with Gasteiger partial charge < -0.3 is 10.0 Å². The molecule has 0 spiro atoms. The van der Waals surface area contributed by atoms with Gasteiger partial charge in [-0.25, -0.2) is 0 Å². The van der Waals surface area contributed by atoms with E-state index in [1.165, 1.54) is 146 Å². The fraction of sp³-hybridized carbons (Fsp3) is 0.615. The van der Waals surface area contributed by atoms with Crippen molar-refractivity contribution in [1.82, 2.24) is 0 Å². The predicted octanol–water partition coefficient (Wildman–Crippen LogP) is 8.31. The number of rotatable bonds is 26. The summed E-state index contributed by atoms with van der Waals surface area (Å²) in [7, 11) is 0. The Bertz CT molecular complexity index is 947. The van der Waals surface area contributed by atoms with Gasteiger partial charge in [-0.2, -0.15) is 0 Å². The van der Waals surface area contributed by atoms with Gasteiger partial charge in [0.2, 0.25) is 0 Å². The second-order valence-electron chi connectivity index (χ2n) is 12.1. The summed E-state index contributed by atoms with van der Waals surface area (Å²) in [5, 5.41) is 11.9. The number of carbonyl (C=O) groups excluding carboxylic acids is 1. The largest absolute Gasteiger partial charge is 1.00 e. The first kappa shape index (κ1) is 39.5. The van der Waals surface area contributed by atoms with E-state index in [0.29, 0.717) is 0 Å². The molecule has 0 N–H and O–H groups in total. The van der Waals surface area contributed by atoms with Crippen LogP contribution in [0, 0.1) is 0 Å². The number of allylic oxidation sites excluding steroid dienone is 1. The number of unbranched alkanes of at least 4 members (excludes halogenated alkanes) is 18. The number of hydrogen-bond donors (Lipinski definition) is 0. The normalized spacial score (nSPS) is 11.1. The van der Waals surface area contributed by atoms with Crippen molar-refractivity contribution < 1.29 is 39.5 Å². The van der Waals surface area contributed by atoms with E-state index in [9.17, 15) is 9.90 Å². The van der Waals surface area contributed by atoms with E-state index in [2.05, 4.69) is 43.0 Å². The second kappa shape index (κ2) is 26.8. The zero-order valence-electron chi connectivity index (χ0n) is 28.1. The van der Waals surface area contributed by atoms with Gasteiger partial charge in [-0.3, -0.25) is 4.79 Å². The van der Waals surface area contributed by atoms with Crippen molar-refractivity contribution in [3.63, 3.8) is 0 Å². The average molecular weight is 598 g/mol. The van der Waals surface area contributed by atoms with Crippen LogP contribution in [-0.2, 0) is 0 Å². The Kier molecular flexibility index (Phi) is 24.6. The molecule has 0 saturated heterocycles. The van der Waals surface area contributed by atoms with Gasteiger partial charge >= 0.3 is 29.6 Å². The molecule has 2 aromatic rings.